The molecule has 7 nitrogen and oxygen atoms in total. The average molecular weight is 441 g/mol. The summed E-state index contributed by atoms with van der Waals surface area (Å²) in [5, 5.41) is 2.92. The molecule has 0 aliphatic heterocycles. The van der Waals surface area contributed by atoms with Gasteiger partial charge in [-0.05, 0) is 36.6 Å². The van der Waals surface area contributed by atoms with Crippen LogP contribution in [0.1, 0.15) is 12.0 Å². The number of carbonyl (C=O) groups is 1. The third-order valence-electron chi connectivity index (χ3n) is 4.15. The second-order valence-electron chi connectivity index (χ2n) is 6.30. The Labute approximate surface area is 176 Å². The van der Waals surface area contributed by atoms with Crippen molar-refractivity contribution in [2.45, 2.75) is 23.8 Å². The molecule has 9 heteroatoms. The largest absolute Gasteiger partial charge is 0.495 e. The van der Waals surface area contributed by atoms with E-state index in [1.807, 2.05) is 30.3 Å². The Kier molecular flexibility index (Phi) is 8.91. The van der Waals surface area contributed by atoms with Gasteiger partial charge < -0.3 is 14.8 Å². The predicted molar refractivity (Wildman–Crippen MR) is 112 cm³/mol. The number of nitrogens with one attached hydrogen (secondary N) is 2. The lowest BCUT2D eigenvalue weighted by atomic mass is 10.1. The Morgan fingerprint density at radius 2 is 1.86 bits per heavy atom. The van der Waals surface area contributed by atoms with E-state index in [1.54, 1.807) is 7.11 Å². The Morgan fingerprint density at radius 3 is 2.48 bits per heavy atom. The van der Waals surface area contributed by atoms with E-state index in [0.29, 0.717) is 25.3 Å². The van der Waals surface area contributed by atoms with Crippen molar-refractivity contribution in [2.24, 2.45) is 0 Å². The summed E-state index contributed by atoms with van der Waals surface area (Å²) in [4.78, 5) is 12.6. The van der Waals surface area contributed by atoms with Crippen molar-refractivity contribution >= 4 is 27.5 Å². The van der Waals surface area contributed by atoms with Gasteiger partial charge in [0.15, 0.2) is 0 Å². The lowest BCUT2D eigenvalue weighted by Gasteiger charge is -2.19. The van der Waals surface area contributed by atoms with Crippen LogP contribution < -0.4 is 14.8 Å². The molecular formula is C20H25ClN2O5S. The first-order valence-corrected chi connectivity index (χ1v) is 10.9. The fourth-order valence-electron chi connectivity index (χ4n) is 2.66. The molecular weight excluding hydrogens is 416 g/mol. The van der Waals surface area contributed by atoms with E-state index in [2.05, 4.69) is 10.0 Å². The molecule has 0 saturated heterocycles. The molecule has 2 rings (SSSR count). The second-order valence-corrected chi connectivity index (χ2v) is 8.42. The van der Waals surface area contributed by atoms with E-state index in [1.165, 1.54) is 25.3 Å². The van der Waals surface area contributed by atoms with Crippen molar-refractivity contribution in [2.75, 3.05) is 27.4 Å². The first-order valence-electron chi connectivity index (χ1n) is 9.04. The number of hydrogen-bond acceptors (Lipinski definition) is 5. The fourth-order valence-corrected chi connectivity index (χ4v) is 4.20. The van der Waals surface area contributed by atoms with Crippen LogP contribution >= 0.6 is 11.6 Å². The third kappa shape index (κ3) is 7.01. The van der Waals surface area contributed by atoms with Crippen LogP contribution in [0.3, 0.4) is 0 Å². The van der Waals surface area contributed by atoms with E-state index in [4.69, 9.17) is 21.1 Å². The quantitative estimate of drug-likeness (QED) is 0.523. The summed E-state index contributed by atoms with van der Waals surface area (Å²) in [6.45, 7) is 0.883. The van der Waals surface area contributed by atoms with Gasteiger partial charge in [-0.3, -0.25) is 4.79 Å². The zero-order valence-corrected chi connectivity index (χ0v) is 17.9. The van der Waals surface area contributed by atoms with Crippen molar-refractivity contribution in [1.29, 1.82) is 0 Å². The summed E-state index contributed by atoms with van der Waals surface area (Å²) in [7, 11) is -0.963. The van der Waals surface area contributed by atoms with Crippen LogP contribution in [-0.2, 0) is 26.0 Å². The maximum atomic E-state index is 12.9. The standard InChI is InChI=1S/C20H25ClN2O5S/c1-27-12-6-11-22-20(24)18(13-15-7-4-3-5-8-15)23-29(25,26)16-9-10-19(28-2)17(21)14-16/h3-5,7-10,14,18,23H,6,11-13H2,1-2H3,(H,22,24)/t18-/m0/s1. The van der Waals surface area contributed by atoms with Crippen molar-refractivity contribution in [3.05, 3.63) is 59.1 Å². The van der Waals surface area contributed by atoms with E-state index in [-0.39, 0.29) is 16.3 Å². The topological polar surface area (TPSA) is 93.7 Å². The molecule has 0 fully saturated rings. The summed E-state index contributed by atoms with van der Waals surface area (Å²) < 4.78 is 38.2. The highest BCUT2D eigenvalue weighted by molar-refractivity contribution is 7.89. The SMILES string of the molecule is COCCCNC(=O)[C@H](Cc1ccccc1)NS(=O)(=O)c1ccc(OC)c(Cl)c1. The van der Waals surface area contributed by atoms with Gasteiger partial charge in [0.05, 0.1) is 17.0 Å². The Morgan fingerprint density at radius 1 is 1.14 bits per heavy atom. The molecule has 0 radical (unpaired) electrons. The van der Waals surface area contributed by atoms with Crippen LogP contribution in [0.5, 0.6) is 5.75 Å². The van der Waals surface area contributed by atoms with Gasteiger partial charge in [-0.1, -0.05) is 41.9 Å². The number of ether oxygens (including phenoxy) is 2. The van der Waals surface area contributed by atoms with Crippen molar-refractivity contribution in [3.8, 4) is 5.75 Å². The van der Waals surface area contributed by atoms with Gasteiger partial charge >= 0.3 is 0 Å². The predicted octanol–water partition coefficient (Wildman–Crippen LogP) is 2.39. The molecule has 2 aromatic carbocycles. The van der Waals surface area contributed by atoms with E-state index < -0.39 is 22.0 Å². The number of rotatable bonds is 11. The molecule has 2 N–H and O–H groups in total. The Hall–Kier alpha value is -2.13. The zero-order valence-electron chi connectivity index (χ0n) is 16.4. The Balaban J connectivity index is 2.20. The van der Waals surface area contributed by atoms with Gasteiger partial charge in [0.25, 0.3) is 0 Å². The van der Waals surface area contributed by atoms with Gasteiger partial charge in [-0.2, -0.15) is 4.72 Å². The molecule has 0 aromatic heterocycles. The first kappa shape index (κ1) is 23.2. The van der Waals surface area contributed by atoms with Crippen LogP contribution in [0.25, 0.3) is 0 Å². The van der Waals surface area contributed by atoms with Crippen LogP contribution in [0, 0.1) is 0 Å². The maximum absolute atomic E-state index is 12.9. The highest BCUT2D eigenvalue weighted by atomic mass is 35.5. The number of methoxy groups -OCH3 is 2. The number of amides is 1. The maximum Gasteiger partial charge on any atom is 0.241 e. The fraction of sp³-hybridized carbons (Fsp3) is 0.350. The monoisotopic (exact) mass is 440 g/mol. The molecule has 0 aliphatic rings. The summed E-state index contributed by atoms with van der Waals surface area (Å²) in [5.74, 6) is -0.0459. The average Bonchev–Trinajstić information content (AvgIpc) is 2.71. The van der Waals surface area contributed by atoms with Gasteiger partial charge in [0, 0.05) is 20.3 Å². The van der Waals surface area contributed by atoms with Crippen molar-refractivity contribution in [3.63, 3.8) is 0 Å². The zero-order chi connectivity index (χ0) is 21.3. The highest BCUT2D eigenvalue weighted by Gasteiger charge is 2.26. The minimum atomic E-state index is -3.98. The summed E-state index contributed by atoms with van der Waals surface area (Å²) >= 11 is 6.05. The third-order valence-corrected chi connectivity index (χ3v) is 5.92. The number of sulfonamides is 1. The van der Waals surface area contributed by atoms with E-state index >= 15 is 0 Å². The smallest absolute Gasteiger partial charge is 0.241 e. The molecule has 1 atom stereocenters. The molecule has 2 aromatic rings. The normalized spacial score (nSPS) is 12.4. The first-order chi connectivity index (χ1) is 13.9. The van der Waals surface area contributed by atoms with Crippen molar-refractivity contribution in [1.82, 2.24) is 10.0 Å². The molecule has 0 saturated carbocycles. The molecule has 158 valence electrons. The van der Waals surface area contributed by atoms with Crippen LogP contribution in [0.4, 0.5) is 0 Å². The number of halogens is 1. The summed E-state index contributed by atoms with van der Waals surface area (Å²) in [5.41, 5.74) is 0.833. The minimum absolute atomic E-state index is 0.0476. The number of carbonyl (C=O) groups excluding carboxylic acids is 1. The molecule has 0 spiro atoms. The van der Waals surface area contributed by atoms with E-state index in [0.717, 1.165) is 5.56 Å². The minimum Gasteiger partial charge on any atom is -0.495 e. The summed E-state index contributed by atoms with van der Waals surface area (Å²) in [6, 6.07) is 12.4. The molecule has 0 aliphatic carbocycles. The van der Waals surface area contributed by atoms with Gasteiger partial charge in [0.2, 0.25) is 15.9 Å². The van der Waals surface area contributed by atoms with Gasteiger partial charge in [0.1, 0.15) is 11.8 Å². The molecule has 1 amide bonds. The van der Waals surface area contributed by atoms with Crippen LogP contribution in [-0.4, -0.2) is 47.7 Å². The lowest BCUT2D eigenvalue weighted by Crippen LogP contribution is -2.48. The lowest BCUT2D eigenvalue weighted by molar-refractivity contribution is -0.122. The Bertz CT molecular complexity index is 906. The molecule has 0 unspecified atom stereocenters. The van der Waals surface area contributed by atoms with Gasteiger partial charge in [-0.15, -0.1) is 0 Å². The van der Waals surface area contributed by atoms with E-state index in [9.17, 15) is 13.2 Å². The molecule has 0 bridgehead atoms. The molecule has 0 heterocycles. The second kappa shape index (κ2) is 11.2. The van der Waals surface area contributed by atoms with Gasteiger partial charge in [-0.25, -0.2) is 8.42 Å². The number of hydrogen-bond donors (Lipinski definition) is 2. The number of benzene rings is 2. The van der Waals surface area contributed by atoms with Crippen molar-refractivity contribution < 1.29 is 22.7 Å². The highest BCUT2D eigenvalue weighted by Crippen LogP contribution is 2.27. The summed E-state index contributed by atoms with van der Waals surface area (Å²) in [6.07, 6.45) is 0.835. The van der Waals surface area contributed by atoms with Crippen LogP contribution in [0.15, 0.2) is 53.4 Å². The molecule has 29 heavy (non-hydrogen) atoms. The van der Waals surface area contributed by atoms with Crippen LogP contribution in [0.2, 0.25) is 5.02 Å².